The molecule has 0 aliphatic carbocycles. The molecule has 114 valence electrons. The number of para-hydroxylation sites is 2. The molecule has 7 heteroatoms. The molecule has 22 heavy (non-hydrogen) atoms. The van der Waals surface area contributed by atoms with Crippen molar-refractivity contribution in [2.75, 3.05) is 7.11 Å². The monoisotopic (exact) mass is 316 g/mol. The van der Waals surface area contributed by atoms with E-state index >= 15 is 0 Å². The van der Waals surface area contributed by atoms with Crippen molar-refractivity contribution in [2.24, 2.45) is 0 Å². The number of benzene rings is 1. The van der Waals surface area contributed by atoms with Crippen molar-refractivity contribution in [1.29, 1.82) is 0 Å². The van der Waals surface area contributed by atoms with E-state index in [2.05, 4.69) is 15.1 Å². The van der Waals surface area contributed by atoms with Crippen LogP contribution in [0.15, 0.2) is 40.4 Å². The molecule has 0 saturated carbocycles. The smallest absolute Gasteiger partial charge is 0.262 e. The van der Waals surface area contributed by atoms with Crippen LogP contribution in [0.3, 0.4) is 0 Å². The van der Waals surface area contributed by atoms with Gasteiger partial charge in [0.05, 0.1) is 13.3 Å². The maximum atomic E-state index is 12.2. The molecule has 3 rings (SSSR count). The number of hydrogen-bond acceptors (Lipinski definition) is 5. The molecule has 2 aromatic heterocycles. The van der Waals surface area contributed by atoms with E-state index in [-0.39, 0.29) is 5.56 Å². The number of aromatic nitrogens is 4. The van der Waals surface area contributed by atoms with Gasteiger partial charge in [0.25, 0.3) is 5.56 Å². The highest BCUT2D eigenvalue weighted by Gasteiger charge is 2.14. The van der Waals surface area contributed by atoms with E-state index in [1.54, 1.807) is 11.8 Å². The van der Waals surface area contributed by atoms with Crippen molar-refractivity contribution in [3.8, 4) is 11.4 Å². The van der Waals surface area contributed by atoms with Gasteiger partial charge in [0.1, 0.15) is 16.8 Å². The van der Waals surface area contributed by atoms with E-state index in [0.717, 1.165) is 5.69 Å². The lowest BCUT2D eigenvalue weighted by Gasteiger charge is -2.09. The Hall–Kier alpha value is -2.28. The van der Waals surface area contributed by atoms with Gasteiger partial charge >= 0.3 is 0 Å². The summed E-state index contributed by atoms with van der Waals surface area (Å²) in [7, 11) is 1.60. The van der Waals surface area contributed by atoms with Gasteiger partial charge < -0.3 is 9.72 Å². The molecule has 0 atom stereocenters. The summed E-state index contributed by atoms with van der Waals surface area (Å²) in [6.45, 7) is 4.10. The van der Waals surface area contributed by atoms with Crippen LogP contribution in [0, 0.1) is 0 Å². The summed E-state index contributed by atoms with van der Waals surface area (Å²) in [5.41, 5.74) is 1.09. The zero-order valence-electron chi connectivity index (χ0n) is 12.5. The van der Waals surface area contributed by atoms with Gasteiger partial charge in [0.15, 0.2) is 10.8 Å². The third kappa shape index (κ3) is 2.59. The highest BCUT2D eigenvalue weighted by molar-refractivity contribution is 7.99. The van der Waals surface area contributed by atoms with Crippen LogP contribution in [0.2, 0.25) is 0 Å². The van der Waals surface area contributed by atoms with E-state index in [4.69, 9.17) is 4.74 Å². The van der Waals surface area contributed by atoms with Crippen LogP contribution in [-0.2, 0) is 0 Å². The highest BCUT2D eigenvalue weighted by Crippen LogP contribution is 2.25. The van der Waals surface area contributed by atoms with Crippen LogP contribution in [-0.4, -0.2) is 32.1 Å². The summed E-state index contributed by atoms with van der Waals surface area (Å²) < 4.78 is 7.00. The van der Waals surface area contributed by atoms with E-state index < -0.39 is 0 Å². The molecule has 3 aromatic rings. The fraction of sp³-hybridized carbons (Fsp3) is 0.267. The molecule has 0 saturated heterocycles. The van der Waals surface area contributed by atoms with Crippen LogP contribution < -0.4 is 10.3 Å². The Bertz CT molecular complexity index is 869. The second kappa shape index (κ2) is 5.84. The van der Waals surface area contributed by atoms with Crippen LogP contribution in [0.4, 0.5) is 0 Å². The largest absolute Gasteiger partial charge is 0.494 e. The van der Waals surface area contributed by atoms with E-state index in [0.29, 0.717) is 27.2 Å². The van der Waals surface area contributed by atoms with Gasteiger partial charge in [-0.25, -0.2) is 9.67 Å². The predicted octanol–water partition coefficient (Wildman–Crippen LogP) is 2.62. The fourth-order valence-corrected chi connectivity index (χ4v) is 2.90. The summed E-state index contributed by atoms with van der Waals surface area (Å²) in [6, 6.07) is 7.50. The van der Waals surface area contributed by atoms with Crippen LogP contribution in [0.5, 0.6) is 5.75 Å². The maximum Gasteiger partial charge on any atom is 0.262 e. The molecule has 1 aromatic carbocycles. The van der Waals surface area contributed by atoms with Crippen molar-refractivity contribution in [3.63, 3.8) is 0 Å². The summed E-state index contributed by atoms with van der Waals surface area (Å²) in [5, 5.41) is 5.67. The number of fused-ring (bicyclic) bond motifs is 1. The second-order valence-corrected chi connectivity index (χ2v) is 6.57. The number of aromatic amines is 1. The third-order valence-corrected chi connectivity index (χ3v) is 3.97. The summed E-state index contributed by atoms with van der Waals surface area (Å²) in [6.07, 6.45) is 1.53. The van der Waals surface area contributed by atoms with Gasteiger partial charge in [0.2, 0.25) is 0 Å². The number of rotatable bonds is 4. The minimum Gasteiger partial charge on any atom is -0.494 e. The third-order valence-electron chi connectivity index (χ3n) is 3.08. The minimum absolute atomic E-state index is 0.186. The molecule has 0 unspecified atom stereocenters. The Morgan fingerprint density at radius 1 is 1.32 bits per heavy atom. The lowest BCUT2D eigenvalue weighted by molar-refractivity contribution is 0.412. The quantitative estimate of drug-likeness (QED) is 0.592. The van der Waals surface area contributed by atoms with Gasteiger partial charge in [-0.05, 0) is 12.1 Å². The Kier molecular flexibility index (Phi) is 3.89. The normalized spacial score (nSPS) is 11.3. The average Bonchev–Trinajstić information content (AvgIpc) is 2.90. The molecule has 0 radical (unpaired) electrons. The Labute approximate surface area is 131 Å². The van der Waals surface area contributed by atoms with Crippen molar-refractivity contribution in [1.82, 2.24) is 19.7 Å². The predicted molar refractivity (Wildman–Crippen MR) is 87.0 cm³/mol. The minimum atomic E-state index is -0.186. The number of nitrogens with one attached hydrogen (secondary N) is 1. The molecular formula is C15H16N4O2S. The first-order chi connectivity index (χ1) is 10.6. The number of ether oxygens (including phenoxy) is 1. The second-order valence-electron chi connectivity index (χ2n) is 5.00. The number of H-pyrrole nitrogens is 1. The first kappa shape index (κ1) is 14.6. The van der Waals surface area contributed by atoms with Crippen LogP contribution in [0.1, 0.15) is 13.8 Å². The standard InChI is InChI=1S/C15H16N4O2S/c1-9(2)22-15-17-13-10(14(20)18-15)8-16-19(13)11-6-4-5-7-12(11)21-3/h4-9H,1-3H3,(H,17,18,20). The molecule has 0 aliphatic rings. The highest BCUT2D eigenvalue weighted by atomic mass is 32.2. The molecule has 2 heterocycles. The molecule has 6 nitrogen and oxygen atoms in total. The molecule has 0 fully saturated rings. The van der Waals surface area contributed by atoms with E-state index in [9.17, 15) is 4.79 Å². The molecule has 0 spiro atoms. The number of methoxy groups -OCH3 is 1. The molecule has 0 bridgehead atoms. The number of thioether (sulfide) groups is 1. The number of hydrogen-bond donors (Lipinski definition) is 1. The number of nitrogens with zero attached hydrogens (tertiary/aromatic N) is 3. The van der Waals surface area contributed by atoms with Crippen molar-refractivity contribution in [2.45, 2.75) is 24.3 Å². The summed E-state index contributed by atoms with van der Waals surface area (Å²) in [4.78, 5) is 19.5. The van der Waals surface area contributed by atoms with Crippen molar-refractivity contribution < 1.29 is 4.74 Å². The molecule has 1 N–H and O–H groups in total. The Morgan fingerprint density at radius 3 is 2.82 bits per heavy atom. The summed E-state index contributed by atoms with van der Waals surface area (Å²) in [5.74, 6) is 0.674. The first-order valence-electron chi connectivity index (χ1n) is 6.88. The lowest BCUT2D eigenvalue weighted by atomic mass is 10.3. The van der Waals surface area contributed by atoms with Gasteiger partial charge in [-0.2, -0.15) is 5.10 Å². The van der Waals surface area contributed by atoms with Gasteiger partial charge in [0, 0.05) is 5.25 Å². The van der Waals surface area contributed by atoms with Crippen LogP contribution >= 0.6 is 11.8 Å². The zero-order chi connectivity index (χ0) is 15.7. The molecule has 0 amide bonds. The molecular weight excluding hydrogens is 300 g/mol. The molecule has 0 aliphatic heterocycles. The SMILES string of the molecule is COc1ccccc1-n1ncc2c(=O)[nH]c(SC(C)C)nc21. The van der Waals surface area contributed by atoms with Gasteiger partial charge in [-0.1, -0.05) is 37.7 Å². The van der Waals surface area contributed by atoms with Crippen molar-refractivity contribution in [3.05, 3.63) is 40.8 Å². The lowest BCUT2D eigenvalue weighted by Crippen LogP contribution is -2.10. The first-order valence-corrected chi connectivity index (χ1v) is 7.76. The Morgan fingerprint density at radius 2 is 2.09 bits per heavy atom. The summed E-state index contributed by atoms with van der Waals surface area (Å²) >= 11 is 1.51. The van der Waals surface area contributed by atoms with Crippen molar-refractivity contribution >= 4 is 22.8 Å². The van der Waals surface area contributed by atoms with E-state index in [1.165, 1.54) is 18.0 Å². The zero-order valence-corrected chi connectivity index (χ0v) is 13.3. The average molecular weight is 316 g/mol. The van der Waals surface area contributed by atoms with E-state index in [1.807, 2.05) is 38.1 Å². The van der Waals surface area contributed by atoms with Gasteiger partial charge in [-0.15, -0.1) is 0 Å². The van der Waals surface area contributed by atoms with Gasteiger partial charge in [-0.3, -0.25) is 4.79 Å². The fourth-order valence-electron chi connectivity index (χ4n) is 2.16. The maximum absolute atomic E-state index is 12.2. The van der Waals surface area contributed by atoms with Crippen LogP contribution in [0.25, 0.3) is 16.7 Å². The topological polar surface area (TPSA) is 72.8 Å². The Balaban J connectivity index is 2.22.